The molecule has 2 fully saturated rings. The molecular formula is C15H22N2O3S. The van der Waals surface area contributed by atoms with Gasteiger partial charge in [0.15, 0.2) is 0 Å². The molecule has 2 N–H and O–H groups in total. The number of nitrogens with zero attached hydrogens (tertiary/aromatic N) is 1. The molecule has 2 aliphatic heterocycles. The second kappa shape index (κ2) is 6.04. The minimum absolute atomic E-state index is 0.0341. The van der Waals surface area contributed by atoms with Crippen molar-refractivity contribution in [3.8, 4) is 0 Å². The number of rotatable bonds is 4. The predicted molar refractivity (Wildman–Crippen MR) is 80.3 cm³/mol. The van der Waals surface area contributed by atoms with E-state index in [0.717, 1.165) is 25.9 Å². The van der Waals surface area contributed by atoms with Crippen molar-refractivity contribution in [1.29, 1.82) is 0 Å². The van der Waals surface area contributed by atoms with Crippen LogP contribution in [0.3, 0.4) is 0 Å². The molecule has 5 nitrogen and oxygen atoms in total. The van der Waals surface area contributed by atoms with Crippen LogP contribution < -0.4 is 4.72 Å². The first-order chi connectivity index (χ1) is 10.1. The second-order valence-electron chi connectivity index (χ2n) is 5.98. The summed E-state index contributed by atoms with van der Waals surface area (Å²) in [6.45, 7) is 2.07. The number of fused-ring (bicyclic) bond motifs is 1. The van der Waals surface area contributed by atoms with Gasteiger partial charge < -0.3 is 10.0 Å². The van der Waals surface area contributed by atoms with E-state index in [9.17, 15) is 8.42 Å². The molecule has 0 radical (unpaired) electrons. The Kier molecular flexibility index (Phi) is 4.31. The lowest BCUT2D eigenvalue weighted by Crippen LogP contribution is -2.47. The highest BCUT2D eigenvalue weighted by Crippen LogP contribution is 2.27. The SMILES string of the molecule is O=S(=O)(NC1CCN2CCCC2C1)c1ccc(CO)cc1. The van der Waals surface area contributed by atoms with Gasteiger partial charge in [0.25, 0.3) is 0 Å². The van der Waals surface area contributed by atoms with E-state index in [2.05, 4.69) is 9.62 Å². The van der Waals surface area contributed by atoms with Gasteiger partial charge in [0, 0.05) is 12.1 Å². The molecule has 6 heteroatoms. The Morgan fingerprint density at radius 1 is 1.19 bits per heavy atom. The number of hydrogen-bond donors (Lipinski definition) is 2. The maximum atomic E-state index is 12.4. The van der Waals surface area contributed by atoms with E-state index in [1.807, 2.05) is 0 Å². The van der Waals surface area contributed by atoms with Gasteiger partial charge in [0.1, 0.15) is 0 Å². The van der Waals surface area contributed by atoms with Crippen LogP contribution in [0.2, 0.25) is 0 Å². The van der Waals surface area contributed by atoms with Crippen LogP contribution in [-0.2, 0) is 16.6 Å². The molecule has 0 saturated carbocycles. The van der Waals surface area contributed by atoms with E-state index >= 15 is 0 Å². The number of aliphatic hydroxyl groups excluding tert-OH is 1. The Hall–Kier alpha value is -0.950. The molecule has 0 aliphatic carbocycles. The summed E-state index contributed by atoms with van der Waals surface area (Å²) in [5.74, 6) is 0. The van der Waals surface area contributed by atoms with Crippen LogP contribution in [0.4, 0.5) is 0 Å². The van der Waals surface area contributed by atoms with E-state index in [0.29, 0.717) is 11.6 Å². The molecule has 1 aromatic carbocycles. The molecule has 1 aromatic rings. The third-order valence-electron chi connectivity index (χ3n) is 4.56. The summed E-state index contributed by atoms with van der Waals surface area (Å²) in [6, 6.07) is 6.98. The van der Waals surface area contributed by atoms with Crippen molar-refractivity contribution in [1.82, 2.24) is 9.62 Å². The number of piperidine rings is 1. The Morgan fingerprint density at radius 2 is 1.95 bits per heavy atom. The molecule has 2 saturated heterocycles. The van der Waals surface area contributed by atoms with Gasteiger partial charge in [-0.3, -0.25) is 0 Å². The molecule has 0 spiro atoms. The lowest BCUT2D eigenvalue weighted by atomic mass is 9.99. The first-order valence-corrected chi connectivity index (χ1v) is 9.03. The van der Waals surface area contributed by atoms with E-state index in [-0.39, 0.29) is 17.5 Å². The fourth-order valence-electron chi connectivity index (χ4n) is 3.39. The number of hydrogen-bond acceptors (Lipinski definition) is 4. The van der Waals surface area contributed by atoms with Gasteiger partial charge in [-0.25, -0.2) is 13.1 Å². The van der Waals surface area contributed by atoms with Crippen molar-refractivity contribution in [3.05, 3.63) is 29.8 Å². The van der Waals surface area contributed by atoms with E-state index < -0.39 is 10.0 Å². The molecule has 2 aliphatic rings. The molecule has 21 heavy (non-hydrogen) atoms. The minimum Gasteiger partial charge on any atom is -0.392 e. The van der Waals surface area contributed by atoms with Crippen LogP contribution in [0, 0.1) is 0 Å². The van der Waals surface area contributed by atoms with Gasteiger partial charge >= 0.3 is 0 Å². The van der Waals surface area contributed by atoms with Gasteiger partial charge in [-0.2, -0.15) is 0 Å². The van der Waals surface area contributed by atoms with E-state index in [4.69, 9.17) is 5.11 Å². The summed E-state index contributed by atoms with van der Waals surface area (Å²) < 4.78 is 27.7. The van der Waals surface area contributed by atoms with Crippen LogP contribution in [-0.4, -0.2) is 43.6 Å². The van der Waals surface area contributed by atoms with Crippen molar-refractivity contribution in [2.45, 2.75) is 49.3 Å². The minimum atomic E-state index is -3.46. The highest BCUT2D eigenvalue weighted by Gasteiger charge is 2.33. The zero-order valence-electron chi connectivity index (χ0n) is 12.0. The predicted octanol–water partition coefficient (Wildman–Crippen LogP) is 1.08. The first kappa shape index (κ1) is 15.0. The highest BCUT2D eigenvalue weighted by atomic mass is 32.2. The standard InChI is InChI=1S/C15H22N2O3S/c18-11-12-3-5-15(6-4-12)21(19,20)16-13-7-9-17-8-1-2-14(17)10-13/h3-6,13-14,16,18H,1-2,7-11H2. The zero-order chi connectivity index (χ0) is 14.9. The van der Waals surface area contributed by atoms with Gasteiger partial charge in [0.05, 0.1) is 11.5 Å². The van der Waals surface area contributed by atoms with Gasteiger partial charge in [0.2, 0.25) is 10.0 Å². The quantitative estimate of drug-likeness (QED) is 0.873. The van der Waals surface area contributed by atoms with Crippen LogP contribution in [0.15, 0.2) is 29.2 Å². The Morgan fingerprint density at radius 3 is 2.67 bits per heavy atom. The Bertz CT molecular complexity index is 585. The molecule has 116 valence electrons. The van der Waals surface area contributed by atoms with Crippen LogP contribution in [0.5, 0.6) is 0 Å². The largest absolute Gasteiger partial charge is 0.392 e. The average molecular weight is 310 g/mol. The van der Waals surface area contributed by atoms with E-state index in [1.54, 1.807) is 24.3 Å². The summed E-state index contributed by atoms with van der Waals surface area (Å²) in [6.07, 6.45) is 4.20. The summed E-state index contributed by atoms with van der Waals surface area (Å²) >= 11 is 0. The molecule has 0 aromatic heterocycles. The van der Waals surface area contributed by atoms with Crippen molar-refractivity contribution in [2.75, 3.05) is 13.1 Å². The molecular weight excluding hydrogens is 288 g/mol. The fourth-order valence-corrected chi connectivity index (χ4v) is 4.68. The fraction of sp³-hybridized carbons (Fsp3) is 0.600. The van der Waals surface area contributed by atoms with Crippen molar-refractivity contribution in [2.24, 2.45) is 0 Å². The van der Waals surface area contributed by atoms with Crippen LogP contribution in [0.1, 0.15) is 31.2 Å². The zero-order valence-corrected chi connectivity index (χ0v) is 12.8. The summed E-state index contributed by atoms with van der Waals surface area (Å²) in [5, 5.41) is 9.01. The average Bonchev–Trinajstić information content (AvgIpc) is 2.94. The number of sulfonamides is 1. The lowest BCUT2D eigenvalue weighted by molar-refractivity contribution is 0.176. The van der Waals surface area contributed by atoms with E-state index in [1.165, 1.54) is 12.8 Å². The third kappa shape index (κ3) is 3.29. The number of benzene rings is 1. The molecule has 0 amide bonds. The maximum absolute atomic E-state index is 12.4. The van der Waals surface area contributed by atoms with Crippen LogP contribution >= 0.6 is 0 Å². The van der Waals surface area contributed by atoms with Crippen molar-refractivity contribution < 1.29 is 13.5 Å². The summed E-state index contributed by atoms with van der Waals surface area (Å²) in [4.78, 5) is 2.74. The molecule has 2 atom stereocenters. The van der Waals surface area contributed by atoms with Gasteiger partial charge in [-0.05, 0) is 56.5 Å². The van der Waals surface area contributed by atoms with Crippen molar-refractivity contribution >= 4 is 10.0 Å². The monoisotopic (exact) mass is 310 g/mol. The summed E-state index contributed by atoms with van der Waals surface area (Å²) in [5.41, 5.74) is 0.716. The topological polar surface area (TPSA) is 69.6 Å². The molecule has 2 heterocycles. The third-order valence-corrected chi connectivity index (χ3v) is 6.09. The molecule has 3 rings (SSSR count). The second-order valence-corrected chi connectivity index (χ2v) is 7.69. The number of nitrogens with one attached hydrogen (secondary N) is 1. The van der Waals surface area contributed by atoms with Crippen molar-refractivity contribution in [3.63, 3.8) is 0 Å². The van der Waals surface area contributed by atoms with Gasteiger partial charge in [-0.1, -0.05) is 12.1 Å². The van der Waals surface area contributed by atoms with Crippen LogP contribution in [0.25, 0.3) is 0 Å². The summed E-state index contributed by atoms with van der Waals surface area (Å²) in [7, 11) is -3.46. The highest BCUT2D eigenvalue weighted by molar-refractivity contribution is 7.89. The Labute approximate surface area is 126 Å². The molecule has 0 bridgehead atoms. The smallest absolute Gasteiger partial charge is 0.240 e. The lowest BCUT2D eigenvalue weighted by Gasteiger charge is -2.34. The first-order valence-electron chi connectivity index (χ1n) is 7.55. The Balaban J connectivity index is 1.67. The normalized spacial score (nSPS) is 26.7. The maximum Gasteiger partial charge on any atom is 0.240 e. The molecule has 2 unspecified atom stereocenters. The number of aliphatic hydroxyl groups is 1. The van der Waals surface area contributed by atoms with Gasteiger partial charge in [-0.15, -0.1) is 0 Å².